The fourth-order valence-electron chi connectivity index (χ4n) is 2.59. The van der Waals surface area contributed by atoms with E-state index in [9.17, 15) is 4.79 Å². The Labute approximate surface area is 102 Å². The molecule has 3 nitrogen and oxygen atoms in total. The van der Waals surface area contributed by atoms with Crippen molar-refractivity contribution in [2.45, 2.75) is 52.0 Å². The molecule has 2 aliphatic rings. The summed E-state index contributed by atoms with van der Waals surface area (Å²) in [6.07, 6.45) is 4.96. The fourth-order valence-corrected chi connectivity index (χ4v) is 2.89. The second kappa shape index (κ2) is 3.69. The molecule has 0 aromatic heterocycles. The number of hydrogen-bond donors (Lipinski definition) is 2. The molecule has 1 amide bonds. The Bertz CT molecular complexity index is 334. The van der Waals surface area contributed by atoms with Gasteiger partial charge in [0.2, 0.25) is 5.91 Å². The first-order valence-electron chi connectivity index (χ1n) is 5.97. The molecule has 0 radical (unpaired) electrons. The maximum Gasteiger partial charge on any atom is 0.233 e. The summed E-state index contributed by atoms with van der Waals surface area (Å²) >= 11 is 4.97. The lowest BCUT2D eigenvalue weighted by atomic mass is 9.92. The highest BCUT2D eigenvalue weighted by molar-refractivity contribution is 7.80. The summed E-state index contributed by atoms with van der Waals surface area (Å²) in [6.45, 7) is 4.50. The summed E-state index contributed by atoms with van der Waals surface area (Å²) in [4.78, 5) is 12.4. The molecule has 2 fully saturated rings. The lowest BCUT2D eigenvalue weighted by Gasteiger charge is -2.20. The molecule has 1 unspecified atom stereocenters. The van der Waals surface area contributed by atoms with Crippen molar-refractivity contribution in [3.05, 3.63) is 0 Å². The fraction of sp³-hybridized carbons (Fsp3) is 0.833. The Morgan fingerprint density at radius 3 is 2.38 bits per heavy atom. The van der Waals surface area contributed by atoms with Crippen molar-refractivity contribution in [3.63, 3.8) is 0 Å². The van der Waals surface area contributed by atoms with Crippen molar-refractivity contribution in [3.8, 4) is 0 Å². The van der Waals surface area contributed by atoms with E-state index in [-0.39, 0.29) is 5.91 Å². The summed E-state index contributed by atoms with van der Waals surface area (Å²) in [5.74, 6) is 0.0581. The van der Waals surface area contributed by atoms with Crippen LogP contribution in [0.4, 0.5) is 0 Å². The van der Waals surface area contributed by atoms with Gasteiger partial charge in [-0.05, 0) is 37.5 Å². The van der Waals surface area contributed by atoms with Crippen molar-refractivity contribution in [2.24, 2.45) is 16.6 Å². The van der Waals surface area contributed by atoms with Gasteiger partial charge in [0.05, 0.1) is 10.4 Å². The number of thiocarbonyl (C=S) groups is 1. The van der Waals surface area contributed by atoms with E-state index in [1.165, 1.54) is 6.42 Å². The Morgan fingerprint density at radius 1 is 1.38 bits per heavy atom. The van der Waals surface area contributed by atoms with Gasteiger partial charge < -0.3 is 11.1 Å². The van der Waals surface area contributed by atoms with Crippen molar-refractivity contribution in [1.82, 2.24) is 5.32 Å². The lowest BCUT2D eigenvalue weighted by molar-refractivity contribution is -0.124. The average molecular weight is 240 g/mol. The van der Waals surface area contributed by atoms with Gasteiger partial charge in [-0.1, -0.05) is 26.1 Å². The van der Waals surface area contributed by atoms with Crippen LogP contribution in [0.5, 0.6) is 0 Å². The quantitative estimate of drug-likeness (QED) is 0.739. The number of nitrogens with two attached hydrogens (primary N) is 1. The largest absolute Gasteiger partial charge is 0.392 e. The molecule has 0 aliphatic heterocycles. The molecule has 16 heavy (non-hydrogen) atoms. The molecule has 0 bridgehead atoms. The van der Waals surface area contributed by atoms with Crippen molar-refractivity contribution in [1.29, 1.82) is 0 Å². The van der Waals surface area contributed by atoms with Gasteiger partial charge >= 0.3 is 0 Å². The van der Waals surface area contributed by atoms with Gasteiger partial charge in [0.25, 0.3) is 0 Å². The zero-order valence-corrected chi connectivity index (χ0v) is 10.8. The number of nitrogens with one attached hydrogen (secondary N) is 1. The molecule has 4 heteroatoms. The second-order valence-corrected chi connectivity index (χ2v) is 6.46. The second-order valence-electron chi connectivity index (χ2n) is 6.02. The number of amides is 1. The molecule has 0 heterocycles. The van der Waals surface area contributed by atoms with Crippen LogP contribution in [-0.2, 0) is 4.79 Å². The molecule has 1 atom stereocenters. The van der Waals surface area contributed by atoms with Crippen LogP contribution in [0.3, 0.4) is 0 Å². The molecule has 3 N–H and O–H groups in total. The van der Waals surface area contributed by atoms with E-state index in [1.54, 1.807) is 0 Å². The highest BCUT2D eigenvalue weighted by Gasteiger charge is 2.53. The molecule has 0 aromatic carbocycles. The Balaban J connectivity index is 1.92. The van der Waals surface area contributed by atoms with Crippen LogP contribution >= 0.6 is 12.2 Å². The van der Waals surface area contributed by atoms with Crippen molar-refractivity contribution < 1.29 is 4.79 Å². The van der Waals surface area contributed by atoms with Gasteiger partial charge in [-0.2, -0.15) is 0 Å². The van der Waals surface area contributed by atoms with Crippen LogP contribution in [0, 0.1) is 10.8 Å². The first-order chi connectivity index (χ1) is 7.36. The van der Waals surface area contributed by atoms with E-state index in [2.05, 4.69) is 19.2 Å². The number of hydrogen-bond acceptors (Lipinski definition) is 2. The van der Waals surface area contributed by atoms with Crippen LogP contribution in [0.1, 0.15) is 46.0 Å². The molecule has 0 aromatic rings. The number of carbonyl (C=O) groups is 1. The number of rotatable bonds is 3. The first-order valence-corrected chi connectivity index (χ1v) is 6.37. The summed E-state index contributed by atoms with van der Waals surface area (Å²) in [6, 6.07) is 0.314. The third-order valence-electron chi connectivity index (χ3n) is 3.96. The first kappa shape index (κ1) is 11.8. The van der Waals surface area contributed by atoms with Crippen LogP contribution < -0.4 is 11.1 Å². The zero-order valence-electron chi connectivity index (χ0n) is 10.0. The maximum absolute atomic E-state index is 12.1. The van der Waals surface area contributed by atoms with Crippen LogP contribution in [0.25, 0.3) is 0 Å². The van der Waals surface area contributed by atoms with Gasteiger partial charge in [-0.15, -0.1) is 0 Å². The van der Waals surface area contributed by atoms with E-state index in [1.807, 2.05) is 0 Å². The van der Waals surface area contributed by atoms with Gasteiger partial charge in [0.1, 0.15) is 0 Å². The Kier molecular flexibility index (Phi) is 2.73. The molecule has 90 valence electrons. The third kappa shape index (κ3) is 2.08. The lowest BCUT2D eigenvalue weighted by Crippen LogP contribution is -2.43. The highest BCUT2D eigenvalue weighted by atomic mass is 32.1. The normalized spacial score (nSPS) is 29.8. The van der Waals surface area contributed by atoms with E-state index in [0.29, 0.717) is 16.4 Å². The minimum Gasteiger partial charge on any atom is -0.392 e. The highest BCUT2D eigenvalue weighted by Crippen LogP contribution is 2.47. The standard InChI is InChI=1S/C12H20N2OS/c1-11(2)4-3-8(7-11)14-10(15)12(5-6-12)9(13)16/h8H,3-7H2,1-2H3,(H2,13,16)(H,14,15). The van der Waals surface area contributed by atoms with E-state index in [4.69, 9.17) is 18.0 Å². The topological polar surface area (TPSA) is 55.1 Å². The van der Waals surface area contributed by atoms with Crippen LogP contribution in [-0.4, -0.2) is 16.9 Å². The minimum absolute atomic E-state index is 0.0581. The monoisotopic (exact) mass is 240 g/mol. The summed E-state index contributed by atoms with van der Waals surface area (Å²) < 4.78 is 0. The maximum atomic E-state index is 12.1. The van der Waals surface area contributed by atoms with Gasteiger partial charge in [-0.25, -0.2) is 0 Å². The Hall–Kier alpha value is -0.640. The molecular formula is C12H20N2OS. The molecule has 2 saturated carbocycles. The predicted molar refractivity (Wildman–Crippen MR) is 68.0 cm³/mol. The van der Waals surface area contributed by atoms with Gasteiger partial charge in [-0.3, -0.25) is 4.79 Å². The smallest absolute Gasteiger partial charge is 0.233 e. The SMILES string of the molecule is CC1(C)CCC(NC(=O)C2(C(N)=S)CC2)C1. The van der Waals surface area contributed by atoms with E-state index >= 15 is 0 Å². The average Bonchev–Trinajstić information content (AvgIpc) is 2.89. The molecular weight excluding hydrogens is 220 g/mol. The predicted octanol–water partition coefficient (Wildman–Crippen LogP) is 1.75. The molecule has 2 aliphatic carbocycles. The molecule has 2 rings (SSSR count). The van der Waals surface area contributed by atoms with Gasteiger partial charge in [0.15, 0.2) is 0 Å². The Morgan fingerprint density at radius 2 is 2.00 bits per heavy atom. The third-order valence-corrected chi connectivity index (χ3v) is 4.35. The van der Waals surface area contributed by atoms with Crippen LogP contribution in [0.15, 0.2) is 0 Å². The summed E-state index contributed by atoms with van der Waals surface area (Å²) in [5.41, 5.74) is 5.49. The summed E-state index contributed by atoms with van der Waals surface area (Å²) in [7, 11) is 0. The summed E-state index contributed by atoms with van der Waals surface area (Å²) in [5, 5.41) is 3.11. The van der Waals surface area contributed by atoms with E-state index < -0.39 is 5.41 Å². The molecule has 0 saturated heterocycles. The van der Waals surface area contributed by atoms with E-state index in [0.717, 1.165) is 25.7 Å². The molecule has 0 spiro atoms. The van der Waals surface area contributed by atoms with Crippen LogP contribution in [0.2, 0.25) is 0 Å². The van der Waals surface area contributed by atoms with Crippen molar-refractivity contribution in [2.75, 3.05) is 0 Å². The van der Waals surface area contributed by atoms with Crippen molar-refractivity contribution >= 4 is 23.1 Å². The minimum atomic E-state index is -0.498. The van der Waals surface area contributed by atoms with Gasteiger partial charge in [0, 0.05) is 6.04 Å². The zero-order chi connectivity index (χ0) is 12.0. The number of carbonyl (C=O) groups excluding carboxylic acids is 1.